The largest absolute Gasteiger partial charge is 0.481 e. The molecule has 0 aliphatic heterocycles. The standard InChI is InChI=1S/C14H17N3O2/c1-9(14(18)19)8-17(3)13-12-7-5-4-6-11(12)10(2)15-16-13/h4-7,9H,8H2,1-3H3,(H,18,19). The van der Waals surface area contributed by atoms with Crippen molar-refractivity contribution in [3.05, 3.63) is 30.0 Å². The zero-order chi connectivity index (χ0) is 14.0. The maximum Gasteiger partial charge on any atom is 0.308 e. The van der Waals surface area contributed by atoms with E-state index in [2.05, 4.69) is 10.2 Å². The summed E-state index contributed by atoms with van der Waals surface area (Å²) in [6.07, 6.45) is 0. The molecule has 0 fully saturated rings. The van der Waals surface area contributed by atoms with E-state index in [9.17, 15) is 4.79 Å². The van der Waals surface area contributed by atoms with Crippen molar-refractivity contribution in [3.8, 4) is 0 Å². The summed E-state index contributed by atoms with van der Waals surface area (Å²) in [5.74, 6) is -0.544. The van der Waals surface area contributed by atoms with Crippen LogP contribution < -0.4 is 4.90 Å². The average molecular weight is 259 g/mol. The van der Waals surface area contributed by atoms with Crippen LogP contribution >= 0.6 is 0 Å². The summed E-state index contributed by atoms with van der Waals surface area (Å²) < 4.78 is 0. The van der Waals surface area contributed by atoms with Crippen molar-refractivity contribution in [1.29, 1.82) is 0 Å². The highest BCUT2D eigenvalue weighted by Crippen LogP contribution is 2.25. The predicted molar refractivity (Wildman–Crippen MR) is 74.3 cm³/mol. The molecule has 1 aromatic heterocycles. The summed E-state index contributed by atoms with van der Waals surface area (Å²) in [6.45, 7) is 4.00. The Morgan fingerprint density at radius 1 is 1.32 bits per heavy atom. The third-order valence-corrected chi connectivity index (χ3v) is 3.18. The Labute approximate surface area is 111 Å². The van der Waals surface area contributed by atoms with Crippen LogP contribution in [0.25, 0.3) is 10.8 Å². The summed E-state index contributed by atoms with van der Waals surface area (Å²) in [4.78, 5) is 12.8. The summed E-state index contributed by atoms with van der Waals surface area (Å²) in [5, 5.41) is 19.4. The van der Waals surface area contributed by atoms with Crippen molar-refractivity contribution >= 4 is 22.6 Å². The van der Waals surface area contributed by atoms with Crippen molar-refractivity contribution in [2.24, 2.45) is 5.92 Å². The van der Waals surface area contributed by atoms with Crippen LogP contribution in [0.4, 0.5) is 5.82 Å². The van der Waals surface area contributed by atoms with Gasteiger partial charge in [0.15, 0.2) is 5.82 Å². The monoisotopic (exact) mass is 259 g/mol. The fourth-order valence-corrected chi connectivity index (χ4v) is 2.08. The second-order valence-electron chi connectivity index (χ2n) is 4.77. The fraction of sp³-hybridized carbons (Fsp3) is 0.357. The van der Waals surface area contributed by atoms with Crippen LogP contribution in [-0.4, -0.2) is 34.9 Å². The van der Waals surface area contributed by atoms with Crippen LogP contribution in [0.2, 0.25) is 0 Å². The highest BCUT2D eigenvalue weighted by Gasteiger charge is 2.17. The Morgan fingerprint density at radius 3 is 2.58 bits per heavy atom. The molecule has 1 unspecified atom stereocenters. The first-order chi connectivity index (χ1) is 9.00. The molecule has 2 aromatic rings. The molecular formula is C14H17N3O2. The van der Waals surface area contributed by atoms with Crippen LogP contribution in [0.5, 0.6) is 0 Å². The molecule has 0 saturated heterocycles. The van der Waals surface area contributed by atoms with Crippen LogP contribution in [0.1, 0.15) is 12.6 Å². The first kappa shape index (κ1) is 13.3. The Balaban J connectivity index is 2.40. The third-order valence-electron chi connectivity index (χ3n) is 3.18. The van der Waals surface area contributed by atoms with Gasteiger partial charge >= 0.3 is 5.97 Å². The van der Waals surface area contributed by atoms with E-state index in [-0.39, 0.29) is 0 Å². The molecule has 2 rings (SSSR count). The van der Waals surface area contributed by atoms with Gasteiger partial charge in [0.1, 0.15) is 0 Å². The maximum atomic E-state index is 10.9. The van der Waals surface area contributed by atoms with E-state index in [4.69, 9.17) is 5.11 Å². The van der Waals surface area contributed by atoms with Crippen molar-refractivity contribution < 1.29 is 9.90 Å². The van der Waals surface area contributed by atoms with E-state index in [1.165, 1.54) is 0 Å². The number of fused-ring (bicyclic) bond motifs is 1. The van der Waals surface area contributed by atoms with Crippen LogP contribution in [0.3, 0.4) is 0 Å². The average Bonchev–Trinajstić information content (AvgIpc) is 2.39. The summed E-state index contributed by atoms with van der Waals surface area (Å²) >= 11 is 0. The number of hydrogen-bond donors (Lipinski definition) is 1. The summed E-state index contributed by atoms with van der Waals surface area (Å²) in [7, 11) is 1.84. The smallest absolute Gasteiger partial charge is 0.308 e. The lowest BCUT2D eigenvalue weighted by Crippen LogP contribution is -2.29. The molecule has 5 heteroatoms. The van der Waals surface area contributed by atoms with Crippen LogP contribution in [0, 0.1) is 12.8 Å². The van der Waals surface area contributed by atoms with Gasteiger partial charge in [-0.3, -0.25) is 4.79 Å². The Hall–Kier alpha value is -2.17. The number of aryl methyl sites for hydroxylation is 1. The maximum absolute atomic E-state index is 10.9. The van der Waals surface area contributed by atoms with Gasteiger partial charge in [-0.15, -0.1) is 5.10 Å². The highest BCUT2D eigenvalue weighted by atomic mass is 16.4. The Bertz CT molecular complexity index is 613. The molecule has 0 aliphatic rings. The summed E-state index contributed by atoms with van der Waals surface area (Å²) in [5.41, 5.74) is 0.874. The van der Waals surface area contributed by atoms with Gasteiger partial charge in [0.25, 0.3) is 0 Å². The van der Waals surface area contributed by atoms with E-state index in [0.29, 0.717) is 12.4 Å². The van der Waals surface area contributed by atoms with Gasteiger partial charge in [-0.1, -0.05) is 31.2 Å². The van der Waals surface area contributed by atoms with Gasteiger partial charge in [0.2, 0.25) is 0 Å². The number of nitrogens with zero attached hydrogens (tertiary/aromatic N) is 3. The number of rotatable bonds is 4. The number of hydrogen-bond acceptors (Lipinski definition) is 4. The first-order valence-corrected chi connectivity index (χ1v) is 6.16. The molecule has 100 valence electrons. The number of carboxylic acid groups (broad SMARTS) is 1. The van der Waals surface area contributed by atoms with Crippen LogP contribution in [0.15, 0.2) is 24.3 Å². The van der Waals surface area contributed by atoms with Crippen molar-refractivity contribution in [3.63, 3.8) is 0 Å². The topological polar surface area (TPSA) is 66.3 Å². The number of aliphatic carboxylic acids is 1. The van der Waals surface area contributed by atoms with E-state index in [0.717, 1.165) is 16.5 Å². The second-order valence-corrected chi connectivity index (χ2v) is 4.77. The molecule has 0 saturated carbocycles. The molecule has 0 aliphatic carbocycles. The lowest BCUT2D eigenvalue weighted by atomic mass is 10.1. The number of benzene rings is 1. The molecular weight excluding hydrogens is 242 g/mol. The number of aromatic nitrogens is 2. The first-order valence-electron chi connectivity index (χ1n) is 6.16. The number of carbonyl (C=O) groups is 1. The third kappa shape index (κ3) is 2.65. The Kier molecular flexibility index (Phi) is 3.64. The molecule has 0 amide bonds. The normalized spacial score (nSPS) is 12.4. The van der Waals surface area contributed by atoms with Gasteiger partial charge in [-0.05, 0) is 6.92 Å². The highest BCUT2D eigenvalue weighted by molar-refractivity contribution is 5.93. The van der Waals surface area contributed by atoms with Crippen molar-refractivity contribution in [2.75, 3.05) is 18.5 Å². The molecule has 1 N–H and O–H groups in total. The lowest BCUT2D eigenvalue weighted by molar-refractivity contribution is -0.140. The minimum Gasteiger partial charge on any atom is -0.481 e. The van der Waals surface area contributed by atoms with Crippen LogP contribution in [-0.2, 0) is 4.79 Å². The van der Waals surface area contributed by atoms with Gasteiger partial charge in [-0.2, -0.15) is 5.10 Å². The minimum absolute atomic E-state index is 0.400. The van der Waals surface area contributed by atoms with Crippen molar-refractivity contribution in [1.82, 2.24) is 10.2 Å². The van der Waals surface area contributed by atoms with E-state index in [1.807, 2.05) is 43.1 Å². The quantitative estimate of drug-likeness (QED) is 0.910. The zero-order valence-electron chi connectivity index (χ0n) is 11.3. The molecule has 0 spiro atoms. The second kappa shape index (κ2) is 5.22. The van der Waals surface area contributed by atoms with Gasteiger partial charge in [0, 0.05) is 24.4 Å². The molecule has 0 radical (unpaired) electrons. The molecule has 0 bridgehead atoms. The molecule has 1 atom stereocenters. The van der Waals surface area contributed by atoms with Gasteiger partial charge < -0.3 is 10.0 Å². The van der Waals surface area contributed by atoms with Gasteiger partial charge in [-0.25, -0.2) is 0 Å². The minimum atomic E-state index is -0.809. The van der Waals surface area contributed by atoms with Gasteiger partial charge in [0.05, 0.1) is 11.6 Å². The molecule has 5 nitrogen and oxygen atoms in total. The lowest BCUT2D eigenvalue weighted by Gasteiger charge is -2.21. The Morgan fingerprint density at radius 2 is 1.95 bits per heavy atom. The molecule has 1 heterocycles. The SMILES string of the molecule is Cc1nnc(N(C)CC(C)C(=O)O)c2ccccc12. The fourth-order valence-electron chi connectivity index (χ4n) is 2.08. The predicted octanol–water partition coefficient (Wildman–Crippen LogP) is 2.10. The van der Waals surface area contributed by atoms with E-state index in [1.54, 1.807) is 6.92 Å². The van der Waals surface area contributed by atoms with Crippen molar-refractivity contribution in [2.45, 2.75) is 13.8 Å². The van der Waals surface area contributed by atoms with E-state index >= 15 is 0 Å². The number of carboxylic acids is 1. The zero-order valence-corrected chi connectivity index (χ0v) is 11.3. The molecule has 1 aromatic carbocycles. The molecule has 19 heavy (non-hydrogen) atoms. The van der Waals surface area contributed by atoms with E-state index < -0.39 is 11.9 Å². The number of anilines is 1. The summed E-state index contributed by atoms with van der Waals surface area (Å²) in [6, 6.07) is 7.88.